The van der Waals surface area contributed by atoms with E-state index >= 15 is 0 Å². The molecular weight excluding hydrogens is 292 g/mol. The van der Waals surface area contributed by atoms with E-state index in [2.05, 4.69) is 9.97 Å². The third-order valence-corrected chi connectivity index (χ3v) is 3.13. The Bertz CT molecular complexity index is 830. The molecule has 3 rings (SSSR count). The lowest BCUT2D eigenvalue weighted by atomic mass is 10.2. The van der Waals surface area contributed by atoms with Crippen LogP contribution in [0.3, 0.4) is 0 Å². The van der Waals surface area contributed by atoms with Crippen molar-refractivity contribution in [2.75, 3.05) is 0 Å². The first-order valence-electron chi connectivity index (χ1n) is 6.92. The largest absolute Gasteiger partial charge is 0.423 e. The summed E-state index contributed by atoms with van der Waals surface area (Å²) in [5.74, 6) is 0.447. The van der Waals surface area contributed by atoms with E-state index in [1.165, 1.54) is 12.3 Å². The minimum atomic E-state index is -0.419. The molecule has 0 bridgehead atoms. The topological polar surface area (TPSA) is 69.2 Å². The molecule has 0 aliphatic rings. The summed E-state index contributed by atoms with van der Waals surface area (Å²) in [7, 11) is 0. The molecule has 2 aromatic carbocycles. The van der Waals surface area contributed by atoms with Gasteiger partial charge in [-0.25, -0.2) is 14.8 Å². The van der Waals surface area contributed by atoms with Crippen LogP contribution >= 0.6 is 0 Å². The zero-order valence-corrected chi connectivity index (χ0v) is 12.0. The quantitative estimate of drug-likeness (QED) is 0.420. The molecule has 23 heavy (non-hydrogen) atoms. The van der Waals surface area contributed by atoms with Crippen molar-refractivity contribution in [2.24, 2.45) is 0 Å². The monoisotopic (exact) mass is 304 g/mol. The highest BCUT2D eigenvalue weighted by atomic mass is 16.5. The van der Waals surface area contributed by atoms with E-state index in [0.29, 0.717) is 29.1 Å². The molecule has 1 aromatic heterocycles. The predicted octanol–water partition coefficient (Wildman–Crippen LogP) is 3.18. The average Bonchev–Trinajstić information content (AvgIpc) is 2.63. The lowest BCUT2D eigenvalue weighted by Gasteiger charge is -2.05. The van der Waals surface area contributed by atoms with Crippen molar-refractivity contribution in [1.29, 1.82) is 0 Å². The number of hydrogen-bond donors (Lipinski definition) is 0. The molecule has 0 unspecified atom stereocenters. The van der Waals surface area contributed by atoms with Crippen LogP contribution in [0.4, 0.5) is 0 Å². The third-order valence-electron chi connectivity index (χ3n) is 3.13. The number of rotatable bonds is 4. The van der Waals surface area contributed by atoms with Gasteiger partial charge in [0.15, 0.2) is 12.1 Å². The second kappa shape index (κ2) is 6.62. The van der Waals surface area contributed by atoms with Crippen molar-refractivity contribution >= 4 is 12.3 Å². The fraction of sp³-hybridized carbons (Fsp3) is 0. The van der Waals surface area contributed by atoms with Crippen molar-refractivity contribution in [3.05, 3.63) is 78.1 Å². The summed E-state index contributed by atoms with van der Waals surface area (Å²) in [6.07, 6.45) is 2.19. The molecule has 0 aliphatic heterocycles. The van der Waals surface area contributed by atoms with Crippen molar-refractivity contribution < 1.29 is 14.3 Å². The Morgan fingerprint density at radius 2 is 1.70 bits per heavy atom. The van der Waals surface area contributed by atoms with Crippen molar-refractivity contribution in [3.8, 4) is 17.1 Å². The third kappa shape index (κ3) is 3.47. The molecule has 0 aliphatic carbocycles. The molecule has 112 valence electrons. The Morgan fingerprint density at radius 1 is 0.957 bits per heavy atom. The number of aldehydes is 1. The molecule has 5 nitrogen and oxygen atoms in total. The zero-order valence-electron chi connectivity index (χ0n) is 12.0. The highest BCUT2D eigenvalue weighted by Gasteiger charge is 2.08. The highest BCUT2D eigenvalue weighted by molar-refractivity contribution is 5.91. The number of ether oxygens (including phenoxy) is 1. The van der Waals surface area contributed by atoms with Gasteiger partial charge in [0.25, 0.3) is 0 Å². The van der Waals surface area contributed by atoms with Gasteiger partial charge in [-0.15, -0.1) is 0 Å². The van der Waals surface area contributed by atoms with E-state index in [-0.39, 0.29) is 0 Å². The first-order chi connectivity index (χ1) is 11.3. The zero-order chi connectivity index (χ0) is 16.1. The second-order valence-corrected chi connectivity index (χ2v) is 4.70. The molecule has 0 radical (unpaired) electrons. The van der Waals surface area contributed by atoms with Gasteiger partial charge in [0, 0.05) is 11.8 Å². The SMILES string of the molecule is O=Cc1ccnc(-c2ccc(OC(=O)c3ccccc3)cc2)n1. The minimum absolute atomic E-state index is 0.314. The molecule has 0 N–H and O–H groups in total. The molecule has 0 saturated carbocycles. The molecule has 3 aromatic rings. The number of benzene rings is 2. The van der Waals surface area contributed by atoms with Crippen LogP contribution in [0.5, 0.6) is 5.75 Å². The van der Waals surface area contributed by atoms with Gasteiger partial charge in [-0.1, -0.05) is 18.2 Å². The predicted molar refractivity (Wildman–Crippen MR) is 84.3 cm³/mol. The molecule has 0 amide bonds. The summed E-state index contributed by atoms with van der Waals surface area (Å²) in [5, 5.41) is 0. The summed E-state index contributed by atoms with van der Waals surface area (Å²) in [5.41, 5.74) is 1.53. The van der Waals surface area contributed by atoms with Gasteiger partial charge < -0.3 is 4.74 Å². The number of aromatic nitrogens is 2. The highest BCUT2D eigenvalue weighted by Crippen LogP contribution is 2.20. The lowest BCUT2D eigenvalue weighted by Crippen LogP contribution is -2.07. The number of esters is 1. The smallest absolute Gasteiger partial charge is 0.343 e. The maximum absolute atomic E-state index is 12.0. The lowest BCUT2D eigenvalue weighted by molar-refractivity contribution is 0.0734. The van der Waals surface area contributed by atoms with Gasteiger partial charge in [-0.2, -0.15) is 0 Å². The normalized spacial score (nSPS) is 10.1. The van der Waals surface area contributed by atoms with Crippen LogP contribution < -0.4 is 4.74 Å². The maximum Gasteiger partial charge on any atom is 0.343 e. The molecule has 1 heterocycles. The number of carbonyl (C=O) groups is 2. The van der Waals surface area contributed by atoms with Crippen LogP contribution in [0.2, 0.25) is 0 Å². The van der Waals surface area contributed by atoms with Gasteiger partial charge in [0.2, 0.25) is 0 Å². The van der Waals surface area contributed by atoms with Crippen LogP contribution in [-0.4, -0.2) is 22.2 Å². The fourth-order valence-electron chi connectivity index (χ4n) is 1.99. The molecule has 0 atom stereocenters. The van der Waals surface area contributed by atoms with E-state index in [1.807, 2.05) is 6.07 Å². The van der Waals surface area contributed by atoms with E-state index in [0.717, 1.165) is 5.56 Å². The summed E-state index contributed by atoms with van der Waals surface area (Å²) in [6, 6.07) is 17.1. The van der Waals surface area contributed by atoms with Crippen LogP contribution in [0.15, 0.2) is 66.9 Å². The van der Waals surface area contributed by atoms with Gasteiger partial charge in [-0.3, -0.25) is 4.79 Å². The van der Waals surface area contributed by atoms with Crippen molar-refractivity contribution in [1.82, 2.24) is 9.97 Å². The van der Waals surface area contributed by atoms with Crippen molar-refractivity contribution in [3.63, 3.8) is 0 Å². The summed E-state index contributed by atoms with van der Waals surface area (Å²) >= 11 is 0. The first-order valence-corrected chi connectivity index (χ1v) is 6.92. The van der Waals surface area contributed by atoms with Crippen LogP contribution in [-0.2, 0) is 0 Å². The molecule has 0 spiro atoms. The molecule has 5 heteroatoms. The van der Waals surface area contributed by atoms with Gasteiger partial charge >= 0.3 is 5.97 Å². The van der Waals surface area contributed by atoms with E-state index in [9.17, 15) is 9.59 Å². The molecule has 0 fully saturated rings. The Kier molecular flexibility index (Phi) is 4.20. The van der Waals surface area contributed by atoms with Crippen molar-refractivity contribution in [2.45, 2.75) is 0 Å². The Hall–Kier alpha value is -3.34. The molecular formula is C18H12N2O3. The van der Waals surface area contributed by atoms with Crippen LogP contribution in [0.25, 0.3) is 11.4 Å². The minimum Gasteiger partial charge on any atom is -0.423 e. The summed E-state index contributed by atoms with van der Waals surface area (Å²) < 4.78 is 5.30. The van der Waals surface area contributed by atoms with Gasteiger partial charge in [-0.05, 0) is 42.5 Å². The Morgan fingerprint density at radius 3 is 2.39 bits per heavy atom. The standard InChI is InChI=1S/C18H12N2O3/c21-12-15-10-11-19-17(20-15)13-6-8-16(9-7-13)23-18(22)14-4-2-1-3-5-14/h1-12H. The number of hydrogen-bond acceptors (Lipinski definition) is 5. The van der Waals surface area contributed by atoms with E-state index < -0.39 is 5.97 Å². The number of nitrogens with zero attached hydrogens (tertiary/aromatic N) is 2. The molecule has 0 saturated heterocycles. The average molecular weight is 304 g/mol. The summed E-state index contributed by atoms with van der Waals surface area (Å²) in [6.45, 7) is 0. The Labute approximate surface area is 132 Å². The maximum atomic E-state index is 12.0. The van der Waals surface area contributed by atoms with Crippen LogP contribution in [0.1, 0.15) is 20.8 Å². The van der Waals surface area contributed by atoms with E-state index in [1.54, 1.807) is 48.5 Å². The summed E-state index contributed by atoms with van der Waals surface area (Å²) in [4.78, 5) is 30.9. The van der Waals surface area contributed by atoms with E-state index in [4.69, 9.17) is 4.74 Å². The Balaban J connectivity index is 1.77. The van der Waals surface area contributed by atoms with Crippen LogP contribution in [0, 0.1) is 0 Å². The second-order valence-electron chi connectivity index (χ2n) is 4.70. The number of carbonyl (C=O) groups excluding carboxylic acids is 2. The fourth-order valence-corrected chi connectivity index (χ4v) is 1.99. The van der Waals surface area contributed by atoms with Gasteiger partial charge in [0.1, 0.15) is 11.4 Å². The van der Waals surface area contributed by atoms with Gasteiger partial charge in [0.05, 0.1) is 5.56 Å². The first kappa shape index (κ1) is 14.6.